The molecule has 0 aliphatic carbocycles. The maximum Gasteiger partial charge on any atom is 0.249 e. The molecule has 2 unspecified atom stereocenters. The minimum atomic E-state index is -0.529. The summed E-state index contributed by atoms with van der Waals surface area (Å²) >= 11 is 0. The number of halogens is 1. The fourth-order valence-corrected chi connectivity index (χ4v) is 3.31. The van der Waals surface area contributed by atoms with E-state index in [1.54, 1.807) is 30.2 Å². The van der Waals surface area contributed by atoms with Crippen LogP contribution in [0.5, 0.6) is 0 Å². The summed E-state index contributed by atoms with van der Waals surface area (Å²) in [5.74, 6) is -0.596. The largest absolute Gasteiger partial charge is 0.344 e. The van der Waals surface area contributed by atoms with E-state index in [1.807, 2.05) is 18.2 Å². The number of likely N-dealkylation sites (tertiary alicyclic amines) is 1. The van der Waals surface area contributed by atoms with Crippen molar-refractivity contribution >= 4 is 11.8 Å². The van der Waals surface area contributed by atoms with Crippen molar-refractivity contribution in [3.63, 3.8) is 0 Å². The smallest absolute Gasteiger partial charge is 0.249 e. The van der Waals surface area contributed by atoms with Gasteiger partial charge in [0.1, 0.15) is 11.9 Å². The van der Waals surface area contributed by atoms with E-state index in [0.29, 0.717) is 24.5 Å². The Kier molecular flexibility index (Phi) is 5.51. The molecular weight excluding hydrogens is 389 g/mol. The molecule has 1 aromatic carbocycles. The van der Waals surface area contributed by atoms with Gasteiger partial charge in [-0.15, -0.1) is 0 Å². The molecule has 9 heteroatoms. The maximum absolute atomic E-state index is 13.1. The third-order valence-electron chi connectivity index (χ3n) is 4.94. The number of aromatic nitrogens is 3. The van der Waals surface area contributed by atoms with Crippen LogP contribution in [0.1, 0.15) is 31.0 Å². The molecule has 0 saturated carbocycles. The highest BCUT2D eigenvalue weighted by atomic mass is 19.1. The summed E-state index contributed by atoms with van der Waals surface area (Å²) in [5.41, 5.74) is 1.39. The molecular formula is C21H20FN5O3. The standard InChI is InChI=1S/C21H20FN5O3/c1-13(21-25-19(26-30-21)14-5-7-16(22)8-6-14)24-20(29)15-10-18(28)27(11-15)12-17-4-2-3-9-23-17/h2-9,13,15H,10-12H2,1H3,(H,24,29). The van der Waals surface area contributed by atoms with Gasteiger partial charge in [0, 0.05) is 24.7 Å². The molecule has 3 heterocycles. The van der Waals surface area contributed by atoms with Crippen molar-refractivity contribution in [2.45, 2.75) is 25.9 Å². The molecule has 0 spiro atoms. The monoisotopic (exact) mass is 409 g/mol. The summed E-state index contributed by atoms with van der Waals surface area (Å²) in [6.45, 7) is 2.44. The SMILES string of the molecule is CC(NC(=O)C1CC(=O)N(Cc2ccccn2)C1)c1nc(-c2ccc(F)cc2)no1. The Labute approximate surface area is 172 Å². The van der Waals surface area contributed by atoms with Crippen LogP contribution in [0.3, 0.4) is 0 Å². The number of benzene rings is 1. The number of hydrogen-bond donors (Lipinski definition) is 1. The molecule has 1 saturated heterocycles. The van der Waals surface area contributed by atoms with Gasteiger partial charge in [0.25, 0.3) is 0 Å². The summed E-state index contributed by atoms with van der Waals surface area (Å²) in [6.07, 6.45) is 1.82. The van der Waals surface area contributed by atoms with E-state index in [4.69, 9.17) is 4.52 Å². The predicted molar refractivity (Wildman–Crippen MR) is 104 cm³/mol. The van der Waals surface area contributed by atoms with Crippen LogP contribution >= 0.6 is 0 Å². The molecule has 4 rings (SSSR count). The van der Waals surface area contributed by atoms with E-state index in [2.05, 4.69) is 20.4 Å². The van der Waals surface area contributed by atoms with Gasteiger partial charge < -0.3 is 14.7 Å². The van der Waals surface area contributed by atoms with E-state index in [1.165, 1.54) is 12.1 Å². The van der Waals surface area contributed by atoms with Crippen molar-refractivity contribution in [1.82, 2.24) is 25.3 Å². The molecule has 1 N–H and O–H groups in total. The molecule has 2 amide bonds. The second-order valence-electron chi connectivity index (χ2n) is 7.19. The van der Waals surface area contributed by atoms with Crippen molar-refractivity contribution in [2.24, 2.45) is 5.92 Å². The average Bonchev–Trinajstić information content (AvgIpc) is 3.37. The third kappa shape index (κ3) is 4.35. The Bertz CT molecular complexity index is 1040. The van der Waals surface area contributed by atoms with Gasteiger partial charge in [-0.25, -0.2) is 4.39 Å². The van der Waals surface area contributed by atoms with Gasteiger partial charge in [-0.3, -0.25) is 14.6 Å². The predicted octanol–water partition coefficient (Wildman–Crippen LogP) is 2.50. The van der Waals surface area contributed by atoms with Crippen molar-refractivity contribution in [3.05, 3.63) is 66.1 Å². The molecule has 1 fully saturated rings. The first-order valence-electron chi connectivity index (χ1n) is 9.57. The number of carbonyl (C=O) groups is 2. The fourth-order valence-electron chi connectivity index (χ4n) is 3.31. The molecule has 2 aromatic heterocycles. The van der Waals surface area contributed by atoms with Crippen molar-refractivity contribution in [1.29, 1.82) is 0 Å². The zero-order chi connectivity index (χ0) is 21.1. The number of rotatable bonds is 6. The zero-order valence-electron chi connectivity index (χ0n) is 16.3. The molecule has 8 nitrogen and oxygen atoms in total. The number of carbonyl (C=O) groups excluding carboxylic acids is 2. The number of nitrogens with zero attached hydrogens (tertiary/aromatic N) is 4. The fraction of sp³-hybridized carbons (Fsp3) is 0.286. The number of pyridine rings is 1. The van der Waals surface area contributed by atoms with Crippen molar-refractivity contribution in [2.75, 3.05) is 6.54 Å². The van der Waals surface area contributed by atoms with Crippen molar-refractivity contribution in [3.8, 4) is 11.4 Å². The van der Waals surface area contributed by atoms with Gasteiger partial charge in [-0.2, -0.15) is 4.98 Å². The second kappa shape index (κ2) is 8.40. The first-order chi connectivity index (χ1) is 14.5. The Morgan fingerprint density at radius 2 is 2.10 bits per heavy atom. The molecule has 3 aromatic rings. The summed E-state index contributed by atoms with van der Waals surface area (Å²) in [4.78, 5) is 35.1. The van der Waals surface area contributed by atoms with Gasteiger partial charge in [0.05, 0.1) is 18.2 Å². The van der Waals surface area contributed by atoms with Gasteiger partial charge >= 0.3 is 0 Å². The van der Waals surface area contributed by atoms with Crippen molar-refractivity contribution < 1.29 is 18.5 Å². The average molecular weight is 409 g/mol. The van der Waals surface area contributed by atoms with E-state index in [0.717, 1.165) is 5.69 Å². The molecule has 30 heavy (non-hydrogen) atoms. The van der Waals surface area contributed by atoms with Gasteiger partial charge in [0.2, 0.25) is 23.5 Å². The van der Waals surface area contributed by atoms with Gasteiger partial charge in [-0.05, 0) is 43.3 Å². The van der Waals surface area contributed by atoms with Crippen LogP contribution in [0.2, 0.25) is 0 Å². The van der Waals surface area contributed by atoms with Crippen LogP contribution in [0.4, 0.5) is 4.39 Å². The lowest BCUT2D eigenvalue weighted by Crippen LogP contribution is -2.34. The Balaban J connectivity index is 1.36. The van der Waals surface area contributed by atoms with Crippen LogP contribution in [0.25, 0.3) is 11.4 Å². The summed E-state index contributed by atoms with van der Waals surface area (Å²) < 4.78 is 18.3. The Morgan fingerprint density at radius 3 is 2.83 bits per heavy atom. The lowest BCUT2D eigenvalue weighted by molar-refractivity contribution is -0.129. The number of hydrogen-bond acceptors (Lipinski definition) is 6. The zero-order valence-corrected chi connectivity index (χ0v) is 16.3. The van der Waals surface area contributed by atoms with Crippen LogP contribution < -0.4 is 5.32 Å². The highest BCUT2D eigenvalue weighted by molar-refractivity contribution is 5.89. The molecule has 0 radical (unpaired) electrons. The van der Waals surface area contributed by atoms with Crippen LogP contribution in [-0.2, 0) is 16.1 Å². The molecule has 1 aliphatic rings. The molecule has 0 bridgehead atoms. The molecule has 1 aliphatic heterocycles. The van der Waals surface area contributed by atoms with E-state index in [9.17, 15) is 14.0 Å². The van der Waals surface area contributed by atoms with E-state index >= 15 is 0 Å². The summed E-state index contributed by atoms with van der Waals surface area (Å²) in [5, 5.41) is 6.71. The lowest BCUT2D eigenvalue weighted by Gasteiger charge is -2.17. The lowest BCUT2D eigenvalue weighted by atomic mass is 10.1. The van der Waals surface area contributed by atoms with Crippen LogP contribution in [0.15, 0.2) is 53.2 Å². The van der Waals surface area contributed by atoms with E-state index < -0.39 is 12.0 Å². The Hall–Kier alpha value is -3.62. The van der Waals surface area contributed by atoms with Gasteiger partial charge in [0.15, 0.2) is 0 Å². The van der Waals surface area contributed by atoms with Gasteiger partial charge in [-0.1, -0.05) is 11.2 Å². The normalized spacial score (nSPS) is 17.2. The quantitative estimate of drug-likeness (QED) is 0.671. The van der Waals surface area contributed by atoms with Crippen LogP contribution in [0, 0.1) is 11.7 Å². The minimum Gasteiger partial charge on any atom is -0.344 e. The highest BCUT2D eigenvalue weighted by Gasteiger charge is 2.35. The number of nitrogens with one attached hydrogen (secondary N) is 1. The minimum absolute atomic E-state index is 0.0788. The Morgan fingerprint density at radius 1 is 1.30 bits per heavy atom. The van der Waals surface area contributed by atoms with Crippen LogP contribution in [-0.4, -0.2) is 38.4 Å². The third-order valence-corrected chi connectivity index (χ3v) is 4.94. The number of amides is 2. The topological polar surface area (TPSA) is 101 Å². The first kappa shape index (κ1) is 19.7. The highest BCUT2D eigenvalue weighted by Crippen LogP contribution is 2.22. The maximum atomic E-state index is 13.1. The summed E-state index contributed by atoms with van der Waals surface area (Å²) in [6, 6.07) is 10.7. The summed E-state index contributed by atoms with van der Waals surface area (Å²) in [7, 11) is 0. The second-order valence-corrected chi connectivity index (χ2v) is 7.19. The van der Waals surface area contributed by atoms with E-state index in [-0.39, 0.29) is 29.9 Å². The first-order valence-corrected chi connectivity index (χ1v) is 9.57. The molecule has 2 atom stereocenters. The molecule has 154 valence electrons.